The standard InChI is InChI=1S/C37H39N5O4S/c1-25-33(23-47-37-41-40-24-42(37)2)45-35(46-34(25)29-14-12-27(22-43)13-15-29)30-18-16-28(17-19-30)32-11-7-6-10-31(32)21-39-36(44)38-20-26-8-4-3-5-9-26/h3-19,24-25,33-35,43H,20-23H2,1-2H3,(H2,38,39,44)/t25-,33+,34+,35+/m1/s1. The summed E-state index contributed by atoms with van der Waals surface area (Å²) in [7, 11) is 1.93. The molecule has 0 saturated carbocycles. The monoisotopic (exact) mass is 649 g/mol. The van der Waals surface area contributed by atoms with Crippen LogP contribution in [0.1, 0.15) is 47.1 Å². The van der Waals surface area contributed by atoms with Crippen molar-refractivity contribution in [1.29, 1.82) is 0 Å². The number of aromatic nitrogens is 3. The third-order valence-corrected chi connectivity index (χ3v) is 9.54. The Labute approximate surface area is 279 Å². The zero-order valence-electron chi connectivity index (χ0n) is 26.5. The van der Waals surface area contributed by atoms with Gasteiger partial charge in [-0.2, -0.15) is 0 Å². The highest BCUT2D eigenvalue weighted by atomic mass is 32.2. The van der Waals surface area contributed by atoms with E-state index in [2.05, 4.69) is 46.0 Å². The summed E-state index contributed by atoms with van der Waals surface area (Å²) in [6.45, 7) is 3.01. The lowest BCUT2D eigenvalue weighted by Crippen LogP contribution is -2.38. The smallest absolute Gasteiger partial charge is 0.315 e. The average molecular weight is 650 g/mol. The molecule has 47 heavy (non-hydrogen) atoms. The highest BCUT2D eigenvalue weighted by molar-refractivity contribution is 7.99. The molecule has 2 amide bonds. The van der Waals surface area contributed by atoms with Gasteiger partial charge in [0.15, 0.2) is 11.4 Å². The molecular formula is C37H39N5O4S. The number of ether oxygens (including phenoxy) is 2. The highest BCUT2D eigenvalue weighted by Gasteiger charge is 2.38. The Bertz CT molecular complexity index is 1750. The van der Waals surface area contributed by atoms with Gasteiger partial charge in [-0.3, -0.25) is 0 Å². The lowest BCUT2D eigenvalue weighted by molar-refractivity contribution is -0.268. The van der Waals surface area contributed by atoms with E-state index in [1.807, 2.05) is 96.5 Å². The predicted molar refractivity (Wildman–Crippen MR) is 182 cm³/mol. The van der Waals surface area contributed by atoms with Crippen LogP contribution in [0.2, 0.25) is 0 Å². The SMILES string of the molecule is C[C@@H]1[C@H](CSc2nncn2C)O[C@H](c2ccc(-c3ccccc3CNC(=O)NCc3ccccc3)cc2)O[C@@H]1c1ccc(CO)cc1. The quantitative estimate of drug-likeness (QED) is 0.139. The molecule has 9 nitrogen and oxygen atoms in total. The first-order chi connectivity index (χ1) is 23.0. The Kier molecular flexibility index (Phi) is 10.6. The second-order valence-electron chi connectivity index (χ2n) is 11.7. The minimum absolute atomic E-state index is 0.00292. The van der Waals surface area contributed by atoms with Gasteiger partial charge >= 0.3 is 6.03 Å². The Balaban J connectivity index is 1.16. The van der Waals surface area contributed by atoms with Crippen LogP contribution in [0.4, 0.5) is 4.79 Å². The van der Waals surface area contributed by atoms with Crippen molar-refractivity contribution in [1.82, 2.24) is 25.4 Å². The first kappa shape index (κ1) is 32.5. The second-order valence-corrected chi connectivity index (χ2v) is 12.6. The Morgan fingerprint density at radius 1 is 0.851 bits per heavy atom. The van der Waals surface area contributed by atoms with E-state index in [9.17, 15) is 9.90 Å². The number of amides is 2. The van der Waals surface area contributed by atoms with Crippen molar-refractivity contribution in [2.24, 2.45) is 13.0 Å². The lowest BCUT2D eigenvalue weighted by Gasteiger charge is -2.41. The van der Waals surface area contributed by atoms with E-state index in [0.717, 1.165) is 44.1 Å². The number of hydrogen-bond donors (Lipinski definition) is 3. The molecule has 3 N–H and O–H groups in total. The van der Waals surface area contributed by atoms with Crippen LogP contribution in [0.5, 0.6) is 0 Å². The van der Waals surface area contributed by atoms with Crippen LogP contribution in [0.15, 0.2) is 115 Å². The molecule has 1 aliphatic rings. The molecule has 242 valence electrons. The van der Waals surface area contributed by atoms with E-state index >= 15 is 0 Å². The maximum Gasteiger partial charge on any atom is 0.315 e. The van der Waals surface area contributed by atoms with Crippen LogP contribution >= 0.6 is 11.8 Å². The number of benzene rings is 4. The molecule has 0 spiro atoms. The molecule has 6 rings (SSSR count). The van der Waals surface area contributed by atoms with E-state index in [-0.39, 0.29) is 30.8 Å². The number of urea groups is 1. The largest absolute Gasteiger partial charge is 0.392 e. The molecule has 0 unspecified atom stereocenters. The summed E-state index contributed by atoms with van der Waals surface area (Å²) in [5.41, 5.74) is 6.96. The van der Waals surface area contributed by atoms with Gasteiger partial charge in [0.2, 0.25) is 0 Å². The number of aliphatic hydroxyl groups is 1. The van der Waals surface area contributed by atoms with Crippen molar-refractivity contribution in [2.45, 2.75) is 50.3 Å². The third-order valence-electron chi connectivity index (χ3n) is 8.42. The summed E-state index contributed by atoms with van der Waals surface area (Å²) in [6.07, 6.45) is 0.809. The molecule has 5 aromatic rings. The summed E-state index contributed by atoms with van der Waals surface area (Å²) >= 11 is 1.62. The minimum Gasteiger partial charge on any atom is -0.392 e. The third kappa shape index (κ3) is 8.09. The zero-order valence-corrected chi connectivity index (χ0v) is 27.3. The number of nitrogens with one attached hydrogen (secondary N) is 2. The van der Waals surface area contributed by atoms with Crippen LogP contribution in [0.3, 0.4) is 0 Å². The van der Waals surface area contributed by atoms with E-state index in [4.69, 9.17) is 9.47 Å². The van der Waals surface area contributed by atoms with Gasteiger partial charge < -0.3 is 29.8 Å². The van der Waals surface area contributed by atoms with Crippen LogP contribution in [0.25, 0.3) is 11.1 Å². The number of rotatable bonds is 11. The molecule has 4 aromatic carbocycles. The van der Waals surface area contributed by atoms with Gasteiger partial charge in [0.25, 0.3) is 0 Å². The molecule has 0 radical (unpaired) electrons. The van der Waals surface area contributed by atoms with Gasteiger partial charge in [-0.1, -0.05) is 122 Å². The molecular weight excluding hydrogens is 611 g/mol. The van der Waals surface area contributed by atoms with Crippen LogP contribution in [-0.2, 0) is 36.2 Å². The number of aryl methyl sites for hydroxylation is 1. The van der Waals surface area contributed by atoms with Gasteiger partial charge in [-0.05, 0) is 33.4 Å². The van der Waals surface area contributed by atoms with Crippen molar-refractivity contribution in [3.63, 3.8) is 0 Å². The molecule has 0 aliphatic carbocycles. The average Bonchev–Trinajstić information content (AvgIpc) is 3.54. The van der Waals surface area contributed by atoms with E-state index < -0.39 is 6.29 Å². The predicted octanol–water partition coefficient (Wildman–Crippen LogP) is 6.56. The van der Waals surface area contributed by atoms with Crippen molar-refractivity contribution in [3.05, 3.63) is 137 Å². The van der Waals surface area contributed by atoms with Crippen LogP contribution in [-0.4, -0.2) is 37.8 Å². The second kappa shape index (κ2) is 15.4. The van der Waals surface area contributed by atoms with Gasteiger partial charge in [0.05, 0.1) is 18.8 Å². The van der Waals surface area contributed by atoms with E-state index in [1.54, 1.807) is 18.1 Å². The summed E-state index contributed by atoms with van der Waals surface area (Å²) in [5, 5.41) is 24.5. The van der Waals surface area contributed by atoms with Crippen LogP contribution in [0, 0.1) is 5.92 Å². The topological polar surface area (TPSA) is 111 Å². The maximum atomic E-state index is 12.5. The maximum absolute atomic E-state index is 12.5. The molecule has 2 heterocycles. The van der Waals surface area contributed by atoms with Gasteiger partial charge in [0, 0.05) is 37.4 Å². The van der Waals surface area contributed by atoms with Crippen molar-refractivity contribution >= 4 is 17.8 Å². The molecule has 4 atom stereocenters. The molecule has 0 bridgehead atoms. The number of nitrogens with zero attached hydrogens (tertiary/aromatic N) is 3. The minimum atomic E-state index is -0.571. The summed E-state index contributed by atoms with van der Waals surface area (Å²) < 4.78 is 15.2. The Morgan fingerprint density at radius 2 is 1.55 bits per heavy atom. The Morgan fingerprint density at radius 3 is 2.28 bits per heavy atom. The van der Waals surface area contributed by atoms with Crippen molar-refractivity contribution in [3.8, 4) is 11.1 Å². The normalized spacial score (nSPS) is 19.3. The van der Waals surface area contributed by atoms with Gasteiger partial charge in [-0.25, -0.2) is 4.79 Å². The Hall–Kier alpha value is -4.48. The number of aliphatic hydroxyl groups excluding tert-OH is 1. The fraction of sp³-hybridized carbons (Fsp3) is 0.270. The number of carbonyl (C=O) groups excluding carboxylic acids is 1. The fourth-order valence-electron chi connectivity index (χ4n) is 5.66. The van der Waals surface area contributed by atoms with Crippen LogP contribution < -0.4 is 10.6 Å². The van der Waals surface area contributed by atoms with Gasteiger partial charge in [-0.15, -0.1) is 10.2 Å². The van der Waals surface area contributed by atoms with Crippen molar-refractivity contribution < 1.29 is 19.4 Å². The van der Waals surface area contributed by atoms with Gasteiger partial charge in [0.1, 0.15) is 6.33 Å². The summed E-state index contributed by atoms with van der Waals surface area (Å²) in [4.78, 5) is 12.5. The summed E-state index contributed by atoms with van der Waals surface area (Å²) in [6, 6.07) is 33.9. The first-order valence-corrected chi connectivity index (χ1v) is 16.7. The molecule has 1 aromatic heterocycles. The van der Waals surface area contributed by atoms with E-state index in [0.29, 0.717) is 18.8 Å². The first-order valence-electron chi connectivity index (χ1n) is 15.7. The lowest BCUT2D eigenvalue weighted by atomic mass is 9.91. The zero-order chi connectivity index (χ0) is 32.6. The molecule has 1 aliphatic heterocycles. The van der Waals surface area contributed by atoms with E-state index in [1.165, 1.54) is 0 Å². The fourth-order valence-corrected chi connectivity index (χ4v) is 6.71. The number of thioether (sulfide) groups is 1. The molecule has 1 saturated heterocycles. The highest BCUT2D eigenvalue weighted by Crippen LogP contribution is 2.43. The molecule has 10 heteroatoms. The van der Waals surface area contributed by atoms with Crippen molar-refractivity contribution in [2.75, 3.05) is 5.75 Å². The molecule has 1 fully saturated rings. The number of hydrogen-bond acceptors (Lipinski definition) is 7. The summed E-state index contributed by atoms with van der Waals surface area (Å²) in [5.74, 6) is 0.756. The number of carbonyl (C=O) groups is 1.